The molecule has 198 valence electrons. The van der Waals surface area contributed by atoms with Crippen LogP contribution >= 0.6 is 0 Å². The van der Waals surface area contributed by atoms with E-state index in [1.807, 2.05) is 0 Å². The van der Waals surface area contributed by atoms with Crippen LogP contribution in [0.5, 0.6) is 0 Å². The number of hydrogen-bond donors (Lipinski definition) is 2. The first-order valence-corrected chi connectivity index (χ1v) is 10.9. The molecule has 1 aliphatic carbocycles. The maximum atomic E-state index is 13.5. The third-order valence-electron chi connectivity index (χ3n) is 6.56. The fourth-order valence-electron chi connectivity index (χ4n) is 4.42. The van der Waals surface area contributed by atoms with E-state index < -0.39 is 78.7 Å². The summed E-state index contributed by atoms with van der Waals surface area (Å²) in [5, 5.41) is 4.72. The Balaban J connectivity index is 1.73. The van der Waals surface area contributed by atoms with Crippen molar-refractivity contribution in [3.63, 3.8) is 0 Å². The van der Waals surface area contributed by atoms with Gasteiger partial charge in [-0.2, -0.15) is 8.78 Å². The number of carbonyl (C=O) groups excluding carboxylic acids is 4. The van der Waals surface area contributed by atoms with Crippen LogP contribution in [0.4, 0.5) is 30.7 Å². The predicted octanol–water partition coefficient (Wildman–Crippen LogP) is 1.77. The van der Waals surface area contributed by atoms with Crippen molar-refractivity contribution in [1.82, 2.24) is 15.5 Å². The Labute approximate surface area is 194 Å². The number of nitrogens with zero attached hydrogens (tertiary/aromatic N) is 1. The van der Waals surface area contributed by atoms with E-state index in [9.17, 15) is 49.9 Å². The lowest BCUT2D eigenvalue weighted by Gasteiger charge is -2.28. The van der Waals surface area contributed by atoms with Crippen molar-refractivity contribution >= 4 is 23.5 Å². The number of likely N-dealkylation sites (tertiary alicyclic amines) is 1. The van der Waals surface area contributed by atoms with Crippen LogP contribution in [0.25, 0.3) is 0 Å². The lowest BCUT2D eigenvalue weighted by Crippen LogP contribution is -2.53. The Morgan fingerprint density at radius 2 is 1.83 bits per heavy atom. The monoisotopic (exact) mass is 519 g/mol. The molecule has 3 amide bonds. The quantitative estimate of drug-likeness (QED) is 0.429. The molecule has 8 nitrogen and oxygen atoms in total. The van der Waals surface area contributed by atoms with Crippen molar-refractivity contribution in [3.8, 4) is 0 Å². The van der Waals surface area contributed by atoms with Crippen molar-refractivity contribution in [1.29, 1.82) is 0 Å². The molecular weight excluding hydrogens is 495 g/mol. The molecule has 3 atom stereocenters. The summed E-state index contributed by atoms with van der Waals surface area (Å²) in [5.74, 6) is -9.42. The van der Waals surface area contributed by atoms with Gasteiger partial charge in [-0.05, 0) is 37.5 Å². The molecule has 0 bridgehead atoms. The normalized spacial score (nSPS) is 24.6. The third-order valence-corrected chi connectivity index (χ3v) is 6.56. The second-order valence-electron chi connectivity index (χ2n) is 9.25. The van der Waals surface area contributed by atoms with Crippen LogP contribution in [0.15, 0.2) is 0 Å². The zero-order valence-electron chi connectivity index (χ0n) is 18.3. The molecule has 2 N–H and O–H groups in total. The molecule has 0 unspecified atom stereocenters. The number of carbonyl (C=O) groups is 4. The minimum atomic E-state index is -5.13. The molecule has 3 rings (SSSR count). The largest absolute Gasteiger partial charge is 0.522 e. The molecule has 1 saturated carbocycles. The molecule has 0 aromatic heterocycles. The molecule has 2 heterocycles. The standard InChI is InChI=1S/C20H24F7N3O5/c21-17(22)19(23,24)7-14(32)30-9-18(2-3-18)6-12(30)16(34)29-11(5-10-1-4-28-15(10)33)13(31)8-35-20(25,26)27/h10-12,17H,1-9H2,(H,28,33)(H,29,34)/t10-,11-,12-/m0/s1. The molecule has 0 aromatic rings. The topological polar surface area (TPSA) is 105 Å². The van der Waals surface area contributed by atoms with Crippen LogP contribution in [0, 0.1) is 11.3 Å². The molecular formula is C20H24F7N3O5. The van der Waals surface area contributed by atoms with Gasteiger partial charge in [-0.3, -0.25) is 23.9 Å². The maximum Gasteiger partial charge on any atom is 0.522 e. The van der Waals surface area contributed by atoms with Gasteiger partial charge in [0.25, 0.3) is 0 Å². The zero-order valence-corrected chi connectivity index (χ0v) is 18.3. The molecule has 2 saturated heterocycles. The summed E-state index contributed by atoms with van der Waals surface area (Å²) in [7, 11) is 0. The van der Waals surface area contributed by atoms with E-state index in [0.717, 1.165) is 4.90 Å². The van der Waals surface area contributed by atoms with E-state index in [0.29, 0.717) is 12.8 Å². The van der Waals surface area contributed by atoms with Crippen molar-refractivity contribution in [2.75, 3.05) is 19.7 Å². The molecule has 0 aromatic carbocycles. The minimum Gasteiger partial charge on any atom is -0.356 e. The summed E-state index contributed by atoms with van der Waals surface area (Å²) in [4.78, 5) is 50.5. The molecule has 15 heteroatoms. The molecule has 2 aliphatic heterocycles. The number of amides is 3. The first-order chi connectivity index (χ1) is 16.1. The summed E-state index contributed by atoms with van der Waals surface area (Å²) in [6.07, 6.45) is -9.97. The van der Waals surface area contributed by atoms with E-state index >= 15 is 0 Å². The maximum absolute atomic E-state index is 13.5. The van der Waals surface area contributed by atoms with Crippen LogP contribution in [-0.4, -0.2) is 78.9 Å². The lowest BCUT2D eigenvalue weighted by atomic mass is 9.95. The Morgan fingerprint density at radius 1 is 1.17 bits per heavy atom. The van der Waals surface area contributed by atoms with E-state index in [4.69, 9.17) is 0 Å². The number of Topliss-reactive ketones (excluding diaryl/α,β-unsaturated/α-hetero) is 1. The van der Waals surface area contributed by atoms with Crippen LogP contribution in [0.2, 0.25) is 0 Å². The number of rotatable bonds is 10. The van der Waals surface area contributed by atoms with Gasteiger partial charge in [0.15, 0.2) is 5.78 Å². The molecule has 35 heavy (non-hydrogen) atoms. The van der Waals surface area contributed by atoms with E-state index in [2.05, 4.69) is 15.4 Å². The van der Waals surface area contributed by atoms with Gasteiger partial charge in [0.2, 0.25) is 17.7 Å². The van der Waals surface area contributed by atoms with Crippen molar-refractivity contribution in [2.45, 2.75) is 69.3 Å². The second kappa shape index (κ2) is 9.90. The first kappa shape index (κ1) is 27.1. The van der Waals surface area contributed by atoms with E-state index in [-0.39, 0.29) is 32.4 Å². The summed E-state index contributed by atoms with van der Waals surface area (Å²) >= 11 is 0. The SMILES string of the molecule is O=C1NCC[C@H]1C[C@H](NC(=O)[C@@H]1CC2(CC2)CN1C(=O)CC(F)(F)C(F)F)C(=O)COC(F)(F)F. The molecule has 3 aliphatic rings. The predicted molar refractivity (Wildman–Crippen MR) is 102 cm³/mol. The molecule has 3 fully saturated rings. The van der Waals surface area contributed by atoms with Crippen LogP contribution in [0.1, 0.15) is 38.5 Å². The molecule has 1 spiro atoms. The van der Waals surface area contributed by atoms with Gasteiger partial charge in [0.05, 0.1) is 12.5 Å². The Hall–Kier alpha value is -2.45. The summed E-state index contributed by atoms with van der Waals surface area (Å²) < 4.78 is 92.8. The summed E-state index contributed by atoms with van der Waals surface area (Å²) in [6.45, 7) is -1.30. The average molecular weight is 519 g/mol. The van der Waals surface area contributed by atoms with Gasteiger partial charge in [-0.15, -0.1) is 13.2 Å². The lowest BCUT2D eigenvalue weighted by molar-refractivity contribution is -0.321. The van der Waals surface area contributed by atoms with Crippen molar-refractivity contribution < 1.29 is 54.6 Å². The fraction of sp³-hybridized carbons (Fsp3) is 0.800. The van der Waals surface area contributed by atoms with E-state index in [1.165, 1.54) is 0 Å². The third kappa shape index (κ3) is 6.82. The van der Waals surface area contributed by atoms with Gasteiger partial charge in [-0.25, -0.2) is 8.78 Å². The van der Waals surface area contributed by atoms with Crippen molar-refractivity contribution in [3.05, 3.63) is 0 Å². The van der Waals surface area contributed by atoms with Crippen LogP contribution in [0.3, 0.4) is 0 Å². The number of halogens is 7. The highest BCUT2D eigenvalue weighted by Crippen LogP contribution is 2.55. The van der Waals surface area contributed by atoms with Gasteiger partial charge in [0, 0.05) is 19.0 Å². The summed E-state index contributed by atoms with van der Waals surface area (Å²) in [5.41, 5.74) is -0.540. The van der Waals surface area contributed by atoms with Crippen LogP contribution < -0.4 is 10.6 Å². The number of ether oxygens (including phenoxy) is 1. The molecule has 0 radical (unpaired) electrons. The number of nitrogens with one attached hydrogen (secondary N) is 2. The summed E-state index contributed by atoms with van der Waals surface area (Å²) in [6, 6.07) is -2.97. The van der Waals surface area contributed by atoms with Gasteiger partial charge in [0.1, 0.15) is 12.6 Å². The fourth-order valence-corrected chi connectivity index (χ4v) is 4.42. The zero-order chi connectivity index (χ0) is 26.2. The number of hydrogen-bond acceptors (Lipinski definition) is 5. The first-order valence-electron chi connectivity index (χ1n) is 10.9. The highest BCUT2D eigenvalue weighted by atomic mass is 19.4. The Bertz CT molecular complexity index is 863. The smallest absolute Gasteiger partial charge is 0.356 e. The minimum absolute atomic E-state index is 0.0225. The van der Waals surface area contributed by atoms with Crippen LogP contribution in [-0.2, 0) is 23.9 Å². The Kier molecular flexibility index (Phi) is 7.67. The average Bonchev–Trinajstić information content (AvgIpc) is 3.19. The number of alkyl halides is 7. The van der Waals surface area contributed by atoms with E-state index in [1.54, 1.807) is 0 Å². The highest BCUT2D eigenvalue weighted by Gasteiger charge is 2.56. The highest BCUT2D eigenvalue weighted by molar-refractivity contribution is 5.94. The second-order valence-corrected chi connectivity index (χ2v) is 9.25. The van der Waals surface area contributed by atoms with Gasteiger partial charge < -0.3 is 15.5 Å². The van der Waals surface area contributed by atoms with Crippen molar-refractivity contribution in [2.24, 2.45) is 11.3 Å². The van der Waals surface area contributed by atoms with Gasteiger partial charge >= 0.3 is 18.7 Å². The van der Waals surface area contributed by atoms with Gasteiger partial charge in [-0.1, -0.05) is 0 Å². The number of ketones is 1. The Morgan fingerprint density at radius 3 is 2.34 bits per heavy atom.